The van der Waals surface area contributed by atoms with E-state index in [4.69, 9.17) is 11.6 Å². The molecule has 0 aliphatic carbocycles. The molecule has 4 heteroatoms. The molecule has 0 bridgehead atoms. The Labute approximate surface area is 108 Å². The number of hydrogen-bond donors (Lipinski definition) is 0. The minimum absolute atomic E-state index is 0.508. The third-order valence-electron chi connectivity index (χ3n) is 3.39. The summed E-state index contributed by atoms with van der Waals surface area (Å²) in [5, 5.41) is 0. The van der Waals surface area contributed by atoms with E-state index in [1.54, 1.807) is 0 Å². The minimum Gasteiger partial charge on any atom is -0.366 e. The fourth-order valence-corrected chi connectivity index (χ4v) is 2.74. The largest absolute Gasteiger partial charge is 0.366 e. The highest BCUT2D eigenvalue weighted by molar-refractivity contribution is 6.17. The molecule has 0 N–H and O–H groups in total. The van der Waals surface area contributed by atoms with Gasteiger partial charge >= 0.3 is 0 Å². The summed E-state index contributed by atoms with van der Waals surface area (Å²) >= 11 is 6.00. The predicted octanol–water partition coefficient (Wildman–Crippen LogP) is 2.35. The molecule has 1 fully saturated rings. The molecule has 0 radical (unpaired) electrons. The summed E-state index contributed by atoms with van der Waals surface area (Å²) in [5.41, 5.74) is 2.38. The molecule has 17 heavy (non-hydrogen) atoms. The highest BCUT2D eigenvalue weighted by Gasteiger charge is 2.21. The Morgan fingerprint density at radius 1 is 1.47 bits per heavy atom. The van der Waals surface area contributed by atoms with E-state index >= 15 is 0 Å². The second-order valence-corrected chi connectivity index (χ2v) is 5.06. The van der Waals surface area contributed by atoms with E-state index in [1.807, 2.05) is 18.5 Å². The van der Waals surface area contributed by atoms with Gasteiger partial charge in [-0.3, -0.25) is 4.98 Å². The fourth-order valence-electron chi connectivity index (χ4n) is 2.52. The lowest BCUT2D eigenvalue weighted by atomic mass is 10.2. The van der Waals surface area contributed by atoms with Gasteiger partial charge in [-0.1, -0.05) is 0 Å². The first-order valence-electron chi connectivity index (χ1n) is 6.16. The number of nitrogens with zero attached hydrogens (tertiary/aromatic N) is 3. The molecule has 1 aromatic heterocycles. The molecular weight excluding hydrogens is 234 g/mol. The van der Waals surface area contributed by atoms with Crippen LogP contribution in [0.5, 0.6) is 0 Å². The highest BCUT2D eigenvalue weighted by Crippen LogP contribution is 2.24. The first-order valence-corrected chi connectivity index (χ1v) is 6.70. The standard InChI is InChI=1S/C13H20ClN3/c1-11-10-16(2)6-3-7-17(11)13-9-15-5-4-12(13)8-14/h4-5,9,11H,3,6-8,10H2,1-2H3. The van der Waals surface area contributed by atoms with E-state index in [0.717, 1.165) is 19.6 Å². The van der Waals surface area contributed by atoms with Crippen LogP contribution < -0.4 is 4.90 Å². The third-order valence-corrected chi connectivity index (χ3v) is 3.68. The average molecular weight is 254 g/mol. The molecule has 0 saturated carbocycles. The van der Waals surface area contributed by atoms with E-state index < -0.39 is 0 Å². The van der Waals surface area contributed by atoms with Crippen LogP contribution >= 0.6 is 11.6 Å². The lowest BCUT2D eigenvalue weighted by molar-refractivity contribution is 0.337. The number of likely N-dealkylation sites (N-methyl/N-ethyl adjacent to an activating group) is 1. The van der Waals surface area contributed by atoms with Crippen molar-refractivity contribution >= 4 is 17.3 Å². The lowest BCUT2D eigenvalue weighted by Crippen LogP contribution is -2.38. The molecule has 3 nitrogen and oxygen atoms in total. The number of hydrogen-bond acceptors (Lipinski definition) is 3. The van der Waals surface area contributed by atoms with Crippen molar-refractivity contribution in [2.24, 2.45) is 0 Å². The van der Waals surface area contributed by atoms with Crippen molar-refractivity contribution in [3.8, 4) is 0 Å². The Balaban J connectivity index is 2.25. The van der Waals surface area contributed by atoms with Crippen LogP contribution in [0.4, 0.5) is 5.69 Å². The van der Waals surface area contributed by atoms with Crippen molar-refractivity contribution in [3.05, 3.63) is 24.0 Å². The molecule has 1 saturated heterocycles. The number of halogens is 1. The average Bonchev–Trinajstić information content (AvgIpc) is 2.50. The van der Waals surface area contributed by atoms with Crippen molar-refractivity contribution in [1.82, 2.24) is 9.88 Å². The van der Waals surface area contributed by atoms with Crippen LogP contribution in [-0.4, -0.2) is 42.6 Å². The lowest BCUT2D eigenvalue weighted by Gasteiger charge is -2.31. The van der Waals surface area contributed by atoms with Gasteiger partial charge in [-0.25, -0.2) is 0 Å². The van der Waals surface area contributed by atoms with Gasteiger partial charge in [0.2, 0.25) is 0 Å². The van der Waals surface area contributed by atoms with Gasteiger partial charge in [0.15, 0.2) is 0 Å². The van der Waals surface area contributed by atoms with Gasteiger partial charge in [0.05, 0.1) is 11.9 Å². The maximum absolute atomic E-state index is 6.00. The quantitative estimate of drug-likeness (QED) is 0.755. The van der Waals surface area contributed by atoms with Gasteiger partial charge < -0.3 is 9.80 Å². The number of alkyl halides is 1. The summed E-state index contributed by atoms with van der Waals surface area (Å²) in [4.78, 5) is 9.07. The molecule has 94 valence electrons. The molecular formula is C13H20ClN3. The second-order valence-electron chi connectivity index (χ2n) is 4.80. The third kappa shape index (κ3) is 2.90. The molecule has 1 atom stereocenters. The molecule has 2 heterocycles. The van der Waals surface area contributed by atoms with E-state index in [0.29, 0.717) is 11.9 Å². The summed E-state index contributed by atoms with van der Waals surface area (Å²) < 4.78 is 0. The van der Waals surface area contributed by atoms with E-state index in [9.17, 15) is 0 Å². The summed E-state index contributed by atoms with van der Waals surface area (Å²) in [6, 6.07) is 2.53. The van der Waals surface area contributed by atoms with Gasteiger partial charge in [0, 0.05) is 31.2 Å². The zero-order chi connectivity index (χ0) is 12.3. The Morgan fingerprint density at radius 3 is 3.06 bits per heavy atom. The topological polar surface area (TPSA) is 19.4 Å². The normalized spacial score (nSPS) is 22.5. The van der Waals surface area contributed by atoms with E-state index in [2.05, 4.69) is 28.8 Å². The maximum atomic E-state index is 6.00. The number of pyridine rings is 1. The van der Waals surface area contributed by atoms with Crippen LogP contribution in [-0.2, 0) is 5.88 Å². The van der Waals surface area contributed by atoms with Crippen LogP contribution in [0.15, 0.2) is 18.5 Å². The molecule has 0 spiro atoms. The molecule has 0 aromatic carbocycles. The summed E-state index contributed by atoms with van der Waals surface area (Å²) in [6.45, 7) is 5.61. The SMILES string of the molecule is CC1CN(C)CCCN1c1cnccc1CCl. The number of anilines is 1. The first-order chi connectivity index (χ1) is 8.22. The van der Waals surface area contributed by atoms with Crippen LogP contribution in [0.2, 0.25) is 0 Å². The minimum atomic E-state index is 0.508. The van der Waals surface area contributed by atoms with E-state index in [-0.39, 0.29) is 0 Å². The smallest absolute Gasteiger partial charge is 0.0600 e. The Hall–Kier alpha value is -0.800. The van der Waals surface area contributed by atoms with Crippen LogP contribution in [0.1, 0.15) is 18.9 Å². The maximum Gasteiger partial charge on any atom is 0.0600 e. The highest BCUT2D eigenvalue weighted by atomic mass is 35.5. The molecule has 1 aliphatic rings. The molecule has 2 rings (SSSR count). The first kappa shape index (κ1) is 12.7. The predicted molar refractivity (Wildman–Crippen MR) is 72.7 cm³/mol. The number of aromatic nitrogens is 1. The van der Waals surface area contributed by atoms with Crippen molar-refractivity contribution in [1.29, 1.82) is 0 Å². The molecule has 1 aliphatic heterocycles. The number of rotatable bonds is 2. The van der Waals surface area contributed by atoms with Crippen LogP contribution in [0, 0.1) is 0 Å². The van der Waals surface area contributed by atoms with Gasteiger partial charge in [-0.2, -0.15) is 0 Å². The van der Waals surface area contributed by atoms with Crippen molar-refractivity contribution in [2.45, 2.75) is 25.3 Å². The van der Waals surface area contributed by atoms with Gasteiger partial charge in [0.25, 0.3) is 0 Å². The monoisotopic (exact) mass is 253 g/mol. The van der Waals surface area contributed by atoms with E-state index in [1.165, 1.54) is 17.7 Å². The summed E-state index contributed by atoms with van der Waals surface area (Å²) in [6.07, 6.45) is 4.95. The van der Waals surface area contributed by atoms with Crippen molar-refractivity contribution in [2.75, 3.05) is 31.6 Å². The molecule has 1 aromatic rings. The summed E-state index contributed by atoms with van der Waals surface area (Å²) in [7, 11) is 2.19. The molecule has 0 amide bonds. The Morgan fingerprint density at radius 2 is 2.29 bits per heavy atom. The Bertz CT molecular complexity index is 369. The van der Waals surface area contributed by atoms with Gasteiger partial charge in [-0.15, -0.1) is 11.6 Å². The second kappa shape index (κ2) is 5.69. The molecule has 1 unspecified atom stereocenters. The summed E-state index contributed by atoms with van der Waals surface area (Å²) in [5.74, 6) is 0.552. The van der Waals surface area contributed by atoms with Gasteiger partial charge in [0.1, 0.15) is 0 Å². The fraction of sp³-hybridized carbons (Fsp3) is 0.615. The van der Waals surface area contributed by atoms with Crippen molar-refractivity contribution < 1.29 is 0 Å². The van der Waals surface area contributed by atoms with Crippen LogP contribution in [0.3, 0.4) is 0 Å². The van der Waals surface area contributed by atoms with Crippen molar-refractivity contribution in [3.63, 3.8) is 0 Å². The van der Waals surface area contributed by atoms with Gasteiger partial charge in [-0.05, 0) is 38.6 Å². The van der Waals surface area contributed by atoms with Crippen LogP contribution in [0.25, 0.3) is 0 Å². The Kier molecular flexibility index (Phi) is 4.24. The zero-order valence-electron chi connectivity index (χ0n) is 10.6. The zero-order valence-corrected chi connectivity index (χ0v) is 11.3.